The van der Waals surface area contributed by atoms with Gasteiger partial charge in [0, 0.05) is 0 Å². The van der Waals surface area contributed by atoms with Crippen LogP contribution in [-0.4, -0.2) is 0 Å². The fraction of sp³-hybridized carbons (Fsp3) is 0. The van der Waals surface area contributed by atoms with Crippen LogP contribution in [0.3, 0.4) is 0 Å². The summed E-state index contributed by atoms with van der Waals surface area (Å²) in [5, 5.41) is 0. The van der Waals surface area contributed by atoms with Crippen molar-refractivity contribution in [1.82, 2.24) is 0 Å². The van der Waals surface area contributed by atoms with Gasteiger partial charge in [0.25, 0.3) is 0 Å². The van der Waals surface area contributed by atoms with E-state index < -0.39 is 113 Å². The first kappa shape index (κ1) is 52.2. The summed E-state index contributed by atoms with van der Waals surface area (Å²) in [6, 6.07) is 0. The molecule has 0 aromatic carbocycles. The molecular weight excluding hydrogens is 1070 g/mol. The van der Waals surface area contributed by atoms with E-state index in [1.54, 1.807) is 0 Å². The van der Waals surface area contributed by atoms with E-state index in [4.69, 9.17) is 60.7 Å². The Hall–Kier alpha value is 4.18. The van der Waals surface area contributed by atoms with Crippen molar-refractivity contribution in [1.29, 1.82) is 0 Å². The summed E-state index contributed by atoms with van der Waals surface area (Å²) in [6.07, 6.45) is 0. The van der Waals surface area contributed by atoms with Gasteiger partial charge in [0.1, 0.15) is 0 Å². The molecule has 0 aromatic heterocycles. The molecule has 26 heteroatoms. The summed E-state index contributed by atoms with van der Waals surface area (Å²) in [4.78, 5) is 0. The molecule has 0 unspecified atom stereocenters. The van der Waals surface area contributed by atoms with Crippen molar-refractivity contribution < 1.29 is 247 Å². The smallest absolute Gasteiger partial charge is 5.00 e. The zero-order valence-corrected chi connectivity index (χ0v) is 31.0. The SMILES string of the molecule is [K+].[O]=[Nb](=[O])[O-].[O]=[Nb](=[O])[O-].[O]=[Nb](=[O])[O-].[O]=[Nb](=[O])[O-].[O]=[Nb](=[O])[O-].[O]=[Nb](=[O])[O-].[Ta+5]. The van der Waals surface area contributed by atoms with Gasteiger partial charge in [0.15, 0.2) is 0 Å². The van der Waals surface area contributed by atoms with Crippen LogP contribution in [0.15, 0.2) is 0 Å². The van der Waals surface area contributed by atoms with Gasteiger partial charge in [-0.25, -0.2) is 0 Å². The molecule has 0 aliphatic carbocycles. The molecule has 26 heavy (non-hydrogen) atoms. The maximum absolute atomic E-state index is 8.60. The molecule has 0 bridgehead atoms. The predicted molar refractivity (Wildman–Crippen MR) is 8.24 cm³/mol. The standard InChI is InChI=1S/K.6Nb.18O.Ta/q+1;;;;;;;;;;;;;;;;;;;6*-1;+5. The van der Waals surface area contributed by atoms with E-state index in [0.29, 0.717) is 0 Å². The summed E-state index contributed by atoms with van der Waals surface area (Å²) >= 11 is -25.2. The monoisotopic (exact) mass is 1070 g/mol. The van der Waals surface area contributed by atoms with Crippen LogP contribution >= 0.6 is 0 Å². The molecule has 0 saturated heterocycles. The van der Waals surface area contributed by atoms with Crippen molar-refractivity contribution >= 4 is 0 Å². The molecule has 0 aliphatic rings. The average Bonchev–Trinajstić information content (AvgIpc) is 2.08. The minimum absolute atomic E-state index is 0. The Morgan fingerprint density at radius 1 is 0.308 bits per heavy atom. The van der Waals surface area contributed by atoms with Crippen LogP contribution in [-0.2, 0) is 174 Å². The van der Waals surface area contributed by atoms with E-state index in [1.165, 1.54) is 0 Å². The molecule has 0 amide bonds. The largest absolute Gasteiger partial charge is 5.00 e. The second-order valence-corrected chi connectivity index (χ2v) is 7.94. The van der Waals surface area contributed by atoms with Gasteiger partial charge in [-0.1, -0.05) is 0 Å². The van der Waals surface area contributed by atoms with Gasteiger partial charge in [-0.05, 0) is 0 Å². The van der Waals surface area contributed by atoms with E-state index in [-0.39, 0.29) is 73.8 Å². The third-order valence-corrected chi connectivity index (χ3v) is 0. The van der Waals surface area contributed by atoms with Gasteiger partial charge in [-0.3, -0.25) is 0 Å². The molecule has 0 radical (unpaired) electrons. The second kappa shape index (κ2) is 47.1. The molecule has 144 valence electrons. The number of rotatable bonds is 0. The van der Waals surface area contributed by atoms with Crippen molar-refractivity contribution in [3.05, 3.63) is 0 Å². The Labute approximate surface area is 241 Å². The van der Waals surface area contributed by atoms with Gasteiger partial charge >= 0.3 is 247 Å². The molecule has 18 nitrogen and oxygen atoms in total. The quantitative estimate of drug-likeness (QED) is 0.203. The molecular formula is KNb6O18Ta. The molecule has 0 aliphatic heterocycles. The summed E-state index contributed by atoms with van der Waals surface area (Å²) in [6.45, 7) is 0. The van der Waals surface area contributed by atoms with E-state index in [0.717, 1.165) is 0 Å². The molecule has 0 saturated carbocycles. The Kier molecular flexibility index (Phi) is 94.6. The first-order valence-corrected chi connectivity index (χ1v) is 19.4. The Morgan fingerprint density at radius 3 is 0.308 bits per heavy atom. The molecule has 0 atom stereocenters. The van der Waals surface area contributed by atoms with Gasteiger partial charge < -0.3 is 0 Å². The number of hydrogen-bond donors (Lipinski definition) is 0. The van der Waals surface area contributed by atoms with Crippen molar-refractivity contribution in [3.63, 3.8) is 0 Å². The molecule has 0 heterocycles. The van der Waals surface area contributed by atoms with Crippen molar-refractivity contribution in [3.8, 4) is 0 Å². The zero-order chi connectivity index (χ0) is 21.5. The first-order valence-electron chi connectivity index (χ1n) is 3.29. The number of hydrogen-bond acceptors (Lipinski definition) is 18. The van der Waals surface area contributed by atoms with E-state index in [2.05, 4.69) is 0 Å². The summed E-state index contributed by atoms with van der Waals surface area (Å²) in [5.74, 6) is 0. The van der Waals surface area contributed by atoms with E-state index in [9.17, 15) is 0 Å². The Bertz CT molecular complexity index is 477. The summed E-state index contributed by atoms with van der Waals surface area (Å²) < 4.78 is 155. The van der Waals surface area contributed by atoms with Gasteiger partial charge in [0.05, 0.1) is 0 Å². The molecule has 0 aromatic rings. The first-order chi connectivity index (χ1) is 10.4. The van der Waals surface area contributed by atoms with Crippen LogP contribution in [0.4, 0.5) is 0 Å². The fourth-order valence-corrected chi connectivity index (χ4v) is 0. The van der Waals surface area contributed by atoms with Gasteiger partial charge in [0.2, 0.25) is 0 Å². The maximum Gasteiger partial charge on any atom is 5.00 e. The van der Waals surface area contributed by atoms with Crippen molar-refractivity contribution in [2.45, 2.75) is 0 Å². The second-order valence-electron chi connectivity index (χ2n) is 1.34. The van der Waals surface area contributed by atoms with Gasteiger partial charge in [-0.15, -0.1) is 0 Å². The average molecular weight is 1070 g/mol. The topological polar surface area (TPSA) is 343 Å². The van der Waals surface area contributed by atoms with Crippen molar-refractivity contribution in [2.75, 3.05) is 0 Å². The van der Waals surface area contributed by atoms with Crippen molar-refractivity contribution in [2.24, 2.45) is 0 Å². The van der Waals surface area contributed by atoms with E-state index in [1.807, 2.05) is 0 Å². The third-order valence-electron chi connectivity index (χ3n) is 0. The van der Waals surface area contributed by atoms with Gasteiger partial charge in [-0.2, -0.15) is 0 Å². The van der Waals surface area contributed by atoms with Crippen LogP contribution in [0, 0.1) is 0 Å². The Balaban J connectivity index is -0.0000000245. The van der Waals surface area contributed by atoms with Crippen LogP contribution in [0.1, 0.15) is 0 Å². The van der Waals surface area contributed by atoms with E-state index >= 15 is 0 Å². The third kappa shape index (κ3) is 1190. The Morgan fingerprint density at radius 2 is 0.308 bits per heavy atom. The van der Waals surface area contributed by atoms with Crippen LogP contribution in [0.25, 0.3) is 0 Å². The minimum atomic E-state index is -4.20. The maximum atomic E-state index is 8.60. The van der Waals surface area contributed by atoms with Crippen LogP contribution < -0.4 is 73.1 Å². The summed E-state index contributed by atoms with van der Waals surface area (Å²) in [7, 11) is 0. The molecule has 0 spiro atoms. The normalized spacial score (nSPS) is 5.77. The molecule has 0 fully saturated rings. The fourth-order valence-electron chi connectivity index (χ4n) is 0. The summed E-state index contributed by atoms with van der Waals surface area (Å²) in [5.41, 5.74) is 0. The predicted octanol–water partition coefficient (Wildman–Crippen LogP) is -11.6. The molecule has 0 rings (SSSR count). The van der Waals surface area contributed by atoms with Crippen LogP contribution in [0.2, 0.25) is 0 Å². The van der Waals surface area contributed by atoms with Crippen LogP contribution in [0.5, 0.6) is 0 Å². The molecule has 0 N–H and O–H groups in total. The minimum Gasteiger partial charge on any atom is 5.00 e. The zero-order valence-electron chi connectivity index (χ0n) is 11.5.